The van der Waals surface area contributed by atoms with Crippen molar-refractivity contribution in [1.29, 1.82) is 0 Å². The molecule has 2 aromatic carbocycles. The van der Waals surface area contributed by atoms with Crippen molar-refractivity contribution in [2.24, 2.45) is 7.05 Å². The second kappa shape index (κ2) is 8.52. The van der Waals surface area contributed by atoms with E-state index >= 15 is 0 Å². The number of rotatable bonds is 5. The predicted molar refractivity (Wildman–Crippen MR) is 111 cm³/mol. The van der Waals surface area contributed by atoms with Crippen LogP contribution < -0.4 is 10.6 Å². The molecule has 1 atom stereocenters. The Hall–Kier alpha value is -2.73. The smallest absolute Gasteiger partial charge is 0.315 e. The molecule has 3 aromatic rings. The summed E-state index contributed by atoms with van der Waals surface area (Å²) in [6.45, 7) is 0.495. The molecule has 5 nitrogen and oxygen atoms in total. The topological polar surface area (TPSA) is 59.0 Å². The summed E-state index contributed by atoms with van der Waals surface area (Å²) in [6, 6.07) is 18.4. The first-order valence-electron chi connectivity index (χ1n) is 9.56. The number of nitrogens with zero attached hydrogens (tertiary/aromatic N) is 2. The summed E-state index contributed by atoms with van der Waals surface area (Å²) in [5.41, 5.74) is 3.47. The Morgan fingerprint density at radius 1 is 1.18 bits per heavy atom. The molecule has 0 bridgehead atoms. The average Bonchev–Trinajstić information content (AvgIpc) is 3.10. The van der Waals surface area contributed by atoms with E-state index in [4.69, 9.17) is 0 Å². The minimum absolute atomic E-state index is 0.0337. The van der Waals surface area contributed by atoms with Crippen LogP contribution in [0.3, 0.4) is 0 Å². The van der Waals surface area contributed by atoms with E-state index in [2.05, 4.69) is 40.0 Å². The number of carbonyl (C=O) groups excluding carboxylic acids is 1. The van der Waals surface area contributed by atoms with Crippen LogP contribution in [-0.2, 0) is 20.0 Å². The molecule has 0 saturated carbocycles. The van der Waals surface area contributed by atoms with Gasteiger partial charge in [0.25, 0.3) is 0 Å². The maximum atomic E-state index is 12.5. The van der Waals surface area contributed by atoms with Gasteiger partial charge >= 0.3 is 6.03 Å². The number of urea groups is 1. The van der Waals surface area contributed by atoms with Gasteiger partial charge in [-0.1, -0.05) is 48.2 Å². The first kappa shape index (κ1) is 18.6. The first-order valence-corrected chi connectivity index (χ1v) is 10.4. The lowest BCUT2D eigenvalue weighted by Crippen LogP contribution is -2.38. The molecule has 4 rings (SSSR count). The number of hydrogen-bond acceptors (Lipinski definition) is 3. The number of fused-ring (bicyclic) bond motifs is 1. The van der Waals surface area contributed by atoms with E-state index in [0.717, 1.165) is 35.3 Å². The quantitative estimate of drug-likeness (QED) is 0.674. The van der Waals surface area contributed by atoms with Crippen molar-refractivity contribution in [2.75, 3.05) is 0 Å². The van der Waals surface area contributed by atoms with Gasteiger partial charge in [0.15, 0.2) is 0 Å². The minimum Gasteiger partial charge on any atom is -0.334 e. The van der Waals surface area contributed by atoms with Crippen molar-refractivity contribution in [1.82, 2.24) is 20.4 Å². The van der Waals surface area contributed by atoms with Gasteiger partial charge in [-0.3, -0.25) is 4.68 Å². The van der Waals surface area contributed by atoms with Gasteiger partial charge in [0.1, 0.15) is 0 Å². The second-order valence-corrected chi connectivity index (χ2v) is 8.08. The highest BCUT2D eigenvalue weighted by Gasteiger charge is 2.24. The lowest BCUT2D eigenvalue weighted by atomic mass is 9.93. The number of amides is 2. The molecular weight excluding hydrogens is 368 g/mol. The van der Waals surface area contributed by atoms with Gasteiger partial charge < -0.3 is 10.6 Å². The molecule has 0 fully saturated rings. The third-order valence-corrected chi connectivity index (χ3v) is 6.19. The number of nitrogens with one attached hydrogen (secondary N) is 2. The molecule has 6 heteroatoms. The van der Waals surface area contributed by atoms with Gasteiger partial charge in [0.05, 0.1) is 12.2 Å². The van der Waals surface area contributed by atoms with E-state index in [-0.39, 0.29) is 12.1 Å². The SMILES string of the molecule is Cn1ncc2c1CCCC2NC(=O)NCc1ccccc1Sc1ccccc1. The van der Waals surface area contributed by atoms with E-state index < -0.39 is 0 Å². The van der Waals surface area contributed by atoms with Gasteiger partial charge in [0.2, 0.25) is 0 Å². The van der Waals surface area contributed by atoms with E-state index in [1.54, 1.807) is 11.8 Å². The van der Waals surface area contributed by atoms with Gasteiger partial charge in [-0.25, -0.2) is 4.79 Å². The molecule has 144 valence electrons. The van der Waals surface area contributed by atoms with Crippen molar-refractivity contribution in [3.63, 3.8) is 0 Å². The molecule has 0 aliphatic heterocycles. The van der Waals surface area contributed by atoms with Crippen LogP contribution in [-0.4, -0.2) is 15.8 Å². The maximum Gasteiger partial charge on any atom is 0.315 e. The molecule has 1 aliphatic carbocycles. The fraction of sp³-hybridized carbons (Fsp3) is 0.273. The fourth-order valence-corrected chi connectivity index (χ4v) is 4.57. The molecule has 0 spiro atoms. The standard InChI is InChI=1S/C22H24N4OS/c1-26-20-12-7-11-19(18(20)15-24-26)25-22(27)23-14-16-8-5-6-13-21(16)28-17-9-3-2-4-10-17/h2-6,8-10,13,15,19H,7,11-12,14H2,1H3,(H2,23,25,27). The molecular formula is C22H24N4OS. The maximum absolute atomic E-state index is 12.5. The van der Waals surface area contributed by atoms with Crippen LogP contribution in [0.5, 0.6) is 0 Å². The Morgan fingerprint density at radius 3 is 2.82 bits per heavy atom. The van der Waals surface area contributed by atoms with Gasteiger partial charge in [0, 0.05) is 34.6 Å². The Balaban J connectivity index is 1.38. The summed E-state index contributed by atoms with van der Waals surface area (Å²) in [5.74, 6) is 0. The van der Waals surface area contributed by atoms with E-state index in [9.17, 15) is 4.79 Å². The zero-order valence-electron chi connectivity index (χ0n) is 15.9. The van der Waals surface area contributed by atoms with Crippen LogP contribution in [0.2, 0.25) is 0 Å². The Kier molecular flexibility index (Phi) is 5.67. The number of aryl methyl sites for hydroxylation is 1. The third kappa shape index (κ3) is 4.22. The summed E-state index contributed by atoms with van der Waals surface area (Å²) in [5, 5.41) is 10.5. The van der Waals surface area contributed by atoms with E-state index in [0.29, 0.717) is 6.54 Å². The lowest BCUT2D eigenvalue weighted by molar-refractivity contribution is 0.235. The minimum atomic E-state index is -0.138. The molecule has 0 radical (unpaired) electrons. The van der Waals surface area contributed by atoms with Crippen molar-refractivity contribution in [2.45, 2.75) is 41.6 Å². The van der Waals surface area contributed by atoms with Crippen molar-refractivity contribution in [3.05, 3.63) is 77.6 Å². The Bertz CT molecular complexity index is 954. The molecule has 1 unspecified atom stereocenters. The summed E-state index contributed by atoms with van der Waals surface area (Å²) < 4.78 is 1.91. The summed E-state index contributed by atoms with van der Waals surface area (Å²) in [6.07, 6.45) is 4.92. The fourth-order valence-electron chi connectivity index (χ4n) is 3.61. The molecule has 1 aromatic heterocycles. The highest BCUT2D eigenvalue weighted by molar-refractivity contribution is 7.99. The predicted octanol–water partition coefficient (Wildman–Crippen LogP) is 4.45. The molecule has 28 heavy (non-hydrogen) atoms. The molecule has 1 heterocycles. The monoisotopic (exact) mass is 392 g/mol. The number of carbonyl (C=O) groups is 1. The summed E-state index contributed by atoms with van der Waals surface area (Å²) in [4.78, 5) is 14.9. The second-order valence-electron chi connectivity index (χ2n) is 6.96. The summed E-state index contributed by atoms with van der Waals surface area (Å²) in [7, 11) is 1.96. The first-order chi connectivity index (χ1) is 13.7. The molecule has 2 amide bonds. The van der Waals surface area contributed by atoms with Crippen LogP contribution in [0, 0.1) is 0 Å². The highest BCUT2D eigenvalue weighted by atomic mass is 32.2. The largest absolute Gasteiger partial charge is 0.334 e. The zero-order valence-corrected chi connectivity index (χ0v) is 16.7. The number of hydrogen-bond donors (Lipinski definition) is 2. The molecule has 1 aliphatic rings. The van der Waals surface area contributed by atoms with Crippen molar-refractivity contribution < 1.29 is 4.79 Å². The van der Waals surface area contributed by atoms with Gasteiger partial charge in [-0.05, 0) is 43.0 Å². The normalized spacial score (nSPS) is 15.7. The van der Waals surface area contributed by atoms with E-state index in [1.165, 1.54) is 10.6 Å². The molecule has 2 N–H and O–H groups in total. The van der Waals surface area contributed by atoms with Gasteiger partial charge in [-0.15, -0.1) is 0 Å². The van der Waals surface area contributed by atoms with Gasteiger partial charge in [-0.2, -0.15) is 5.10 Å². The number of aromatic nitrogens is 2. The van der Waals surface area contributed by atoms with Crippen LogP contribution in [0.1, 0.15) is 35.7 Å². The molecule has 0 saturated heterocycles. The average molecular weight is 393 g/mol. The van der Waals surface area contributed by atoms with Crippen molar-refractivity contribution >= 4 is 17.8 Å². The number of benzene rings is 2. The summed E-state index contributed by atoms with van der Waals surface area (Å²) >= 11 is 1.71. The highest BCUT2D eigenvalue weighted by Crippen LogP contribution is 2.31. The van der Waals surface area contributed by atoms with Crippen molar-refractivity contribution in [3.8, 4) is 0 Å². The Labute approximate surface area is 169 Å². The van der Waals surface area contributed by atoms with Crippen LogP contribution >= 0.6 is 11.8 Å². The Morgan fingerprint density at radius 2 is 1.96 bits per heavy atom. The van der Waals surface area contributed by atoms with Crippen LogP contribution in [0.15, 0.2) is 70.6 Å². The third-order valence-electron chi connectivity index (χ3n) is 5.06. The van der Waals surface area contributed by atoms with E-state index in [1.807, 2.05) is 48.3 Å². The van der Waals surface area contributed by atoms with Crippen LogP contribution in [0.25, 0.3) is 0 Å². The van der Waals surface area contributed by atoms with Crippen LogP contribution in [0.4, 0.5) is 4.79 Å². The zero-order chi connectivity index (χ0) is 19.3. The lowest BCUT2D eigenvalue weighted by Gasteiger charge is -2.24.